The lowest BCUT2D eigenvalue weighted by atomic mass is 9.88. The van der Waals surface area contributed by atoms with Crippen LogP contribution in [0.1, 0.15) is 63.6 Å². The van der Waals surface area contributed by atoms with Crippen molar-refractivity contribution >= 4 is 17.6 Å². The summed E-state index contributed by atoms with van der Waals surface area (Å²) in [7, 11) is 0. The minimum atomic E-state index is -0.316. The molecule has 0 radical (unpaired) electrons. The first-order valence-corrected chi connectivity index (χ1v) is 9.90. The molecule has 6 heteroatoms. The SMILES string of the molecule is O=C(Nc1cnc2n1CCCC2)C1CCCN1C(=O)C1CCCCC1. The molecular weight excluding hydrogens is 316 g/mol. The fourth-order valence-corrected chi connectivity index (χ4v) is 4.61. The Labute approximate surface area is 149 Å². The van der Waals surface area contributed by atoms with Gasteiger partial charge >= 0.3 is 0 Å². The van der Waals surface area contributed by atoms with Crippen molar-refractivity contribution in [2.75, 3.05) is 11.9 Å². The Morgan fingerprint density at radius 1 is 1.00 bits per heavy atom. The van der Waals surface area contributed by atoms with Gasteiger partial charge in [0.1, 0.15) is 17.7 Å². The van der Waals surface area contributed by atoms with Crippen LogP contribution in [0.15, 0.2) is 6.20 Å². The zero-order chi connectivity index (χ0) is 17.2. The number of imidazole rings is 1. The Morgan fingerprint density at radius 2 is 1.84 bits per heavy atom. The summed E-state index contributed by atoms with van der Waals surface area (Å²) < 4.78 is 2.11. The van der Waals surface area contributed by atoms with Crippen LogP contribution in [0.3, 0.4) is 0 Å². The number of carbonyl (C=O) groups excluding carboxylic acids is 2. The Kier molecular flexibility index (Phi) is 4.77. The molecule has 1 unspecified atom stereocenters. The first-order valence-electron chi connectivity index (χ1n) is 9.90. The highest BCUT2D eigenvalue weighted by atomic mass is 16.2. The van der Waals surface area contributed by atoms with Gasteiger partial charge in [-0.3, -0.25) is 9.59 Å². The topological polar surface area (TPSA) is 67.2 Å². The molecule has 0 aromatic carbocycles. The minimum absolute atomic E-state index is 0.0464. The zero-order valence-corrected chi connectivity index (χ0v) is 14.9. The Morgan fingerprint density at radius 3 is 2.68 bits per heavy atom. The van der Waals surface area contributed by atoms with Crippen molar-refractivity contribution < 1.29 is 9.59 Å². The first kappa shape index (κ1) is 16.6. The van der Waals surface area contributed by atoms with Gasteiger partial charge in [0.05, 0.1) is 6.20 Å². The summed E-state index contributed by atoms with van der Waals surface area (Å²) in [5.41, 5.74) is 0. The maximum atomic E-state index is 12.9. The van der Waals surface area contributed by atoms with Crippen LogP contribution in [0.4, 0.5) is 5.82 Å². The number of amides is 2. The van der Waals surface area contributed by atoms with E-state index in [1.807, 2.05) is 4.90 Å². The van der Waals surface area contributed by atoms with Gasteiger partial charge in [-0.15, -0.1) is 0 Å². The highest BCUT2D eigenvalue weighted by Crippen LogP contribution is 2.29. The van der Waals surface area contributed by atoms with Gasteiger partial charge < -0.3 is 14.8 Å². The zero-order valence-electron chi connectivity index (χ0n) is 14.9. The molecule has 1 aliphatic carbocycles. The van der Waals surface area contributed by atoms with Crippen molar-refractivity contribution in [1.82, 2.24) is 14.5 Å². The molecule has 6 nitrogen and oxygen atoms in total. The number of likely N-dealkylation sites (tertiary alicyclic amines) is 1. The molecule has 0 bridgehead atoms. The number of hydrogen-bond acceptors (Lipinski definition) is 3. The normalized spacial score (nSPS) is 24.2. The van der Waals surface area contributed by atoms with Gasteiger partial charge in [-0.05, 0) is 38.5 Å². The molecule has 3 heterocycles. The third-order valence-corrected chi connectivity index (χ3v) is 6.01. The number of carbonyl (C=O) groups is 2. The third kappa shape index (κ3) is 3.31. The van der Waals surface area contributed by atoms with Gasteiger partial charge in [-0.1, -0.05) is 19.3 Å². The van der Waals surface area contributed by atoms with E-state index in [4.69, 9.17) is 0 Å². The number of rotatable bonds is 3. The molecule has 0 spiro atoms. The van der Waals surface area contributed by atoms with Crippen LogP contribution < -0.4 is 5.32 Å². The lowest BCUT2D eigenvalue weighted by Crippen LogP contribution is -2.46. The van der Waals surface area contributed by atoms with Gasteiger partial charge in [0.15, 0.2) is 0 Å². The Balaban J connectivity index is 1.43. The van der Waals surface area contributed by atoms with Crippen LogP contribution in [0.2, 0.25) is 0 Å². The number of aromatic nitrogens is 2. The van der Waals surface area contributed by atoms with E-state index in [1.165, 1.54) is 6.42 Å². The van der Waals surface area contributed by atoms with Crippen molar-refractivity contribution in [3.05, 3.63) is 12.0 Å². The van der Waals surface area contributed by atoms with Crippen LogP contribution in [0.5, 0.6) is 0 Å². The summed E-state index contributed by atoms with van der Waals surface area (Å²) in [6.45, 7) is 1.64. The van der Waals surface area contributed by atoms with Gasteiger partial charge in [0, 0.05) is 25.4 Å². The van der Waals surface area contributed by atoms with Crippen molar-refractivity contribution in [3.8, 4) is 0 Å². The lowest BCUT2D eigenvalue weighted by molar-refractivity contribution is -0.141. The number of fused-ring (bicyclic) bond motifs is 1. The van der Waals surface area contributed by atoms with Crippen LogP contribution >= 0.6 is 0 Å². The summed E-state index contributed by atoms with van der Waals surface area (Å²) in [4.78, 5) is 32.0. The van der Waals surface area contributed by atoms with Gasteiger partial charge in [0.25, 0.3) is 0 Å². The molecule has 136 valence electrons. The standard InChI is InChI=1S/C19H28N4O2/c24-18(21-17-13-20-16-10-4-5-11-23(16)17)15-9-6-12-22(15)19(25)14-7-2-1-3-8-14/h13-15H,1-12H2,(H,21,24). The second-order valence-corrected chi connectivity index (χ2v) is 7.68. The quantitative estimate of drug-likeness (QED) is 0.917. The van der Waals surface area contributed by atoms with Crippen molar-refractivity contribution in [2.24, 2.45) is 5.92 Å². The molecule has 1 atom stereocenters. The number of anilines is 1. The van der Waals surface area contributed by atoms with E-state index >= 15 is 0 Å². The van der Waals surface area contributed by atoms with Gasteiger partial charge in [-0.25, -0.2) is 4.98 Å². The van der Waals surface area contributed by atoms with Crippen molar-refractivity contribution in [1.29, 1.82) is 0 Å². The van der Waals surface area contributed by atoms with Crippen molar-refractivity contribution in [2.45, 2.75) is 76.8 Å². The monoisotopic (exact) mass is 344 g/mol. The molecule has 1 aromatic rings. The summed E-state index contributed by atoms with van der Waals surface area (Å²) >= 11 is 0. The van der Waals surface area contributed by atoms with Gasteiger partial charge in [0.2, 0.25) is 11.8 Å². The minimum Gasteiger partial charge on any atom is -0.330 e. The number of aryl methyl sites for hydroxylation is 1. The average Bonchev–Trinajstić information content (AvgIpc) is 3.29. The summed E-state index contributed by atoms with van der Waals surface area (Å²) in [5, 5.41) is 3.05. The molecule has 2 fully saturated rings. The van der Waals surface area contributed by atoms with E-state index in [-0.39, 0.29) is 23.8 Å². The summed E-state index contributed by atoms with van der Waals surface area (Å²) in [5.74, 6) is 2.13. The summed E-state index contributed by atoms with van der Waals surface area (Å²) in [6, 6.07) is -0.316. The Hall–Kier alpha value is -1.85. The molecule has 2 amide bonds. The predicted molar refractivity (Wildman–Crippen MR) is 95.1 cm³/mol. The summed E-state index contributed by atoms with van der Waals surface area (Å²) in [6.07, 6.45) is 12.2. The van der Waals surface area contributed by atoms with E-state index in [0.717, 1.165) is 82.5 Å². The first-order chi connectivity index (χ1) is 12.2. The van der Waals surface area contributed by atoms with E-state index in [0.29, 0.717) is 0 Å². The lowest BCUT2D eigenvalue weighted by Gasteiger charge is -2.30. The van der Waals surface area contributed by atoms with E-state index in [9.17, 15) is 9.59 Å². The maximum Gasteiger partial charge on any atom is 0.248 e. The van der Waals surface area contributed by atoms with E-state index < -0.39 is 0 Å². The molecular formula is C19H28N4O2. The molecule has 25 heavy (non-hydrogen) atoms. The average molecular weight is 344 g/mol. The second-order valence-electron chi connectivity index (χ2n) is 7.68. The smallest absolute Gasteiger partial charge is 0.248 e. The fourth-order valence-electron chi connectivity index (χ4n) is 4.61. The van der Waals surface area contributed by atoms with Crippen molar-refractivity contribution in [3.63, 3.8) is 0 Å². The van der Waals surface area contributed by atoms with Gasteiger partial charge in [-0.2, -0.15) is 0 Å². The predicted octanol–water partition coefficient (Wildman–Crippen LogP) is 2.73. The van der Waals surface area contributed by atoms with E-state index in [2.05, 4.69) is 14.9 Å². The highest BCUT2D eigenvalue weighted by Gasteiger charge is 2.37. The fraction of sp³-hybridized carbons (Fsp3) is 0.737. The van der Waals surface area contributed by atoms with Crippen LogP contribution in [-0.4, -0.2) is 38.9 Å². The highest BCUT2D eigenvalue weighted by molar-refractivity contribution is 5.97. The van der Waals surface area contributed by atoms with Crippen LogP contribution in [-0.2, 0) is 22.6 Å². The van der Waals surface area contributed by atoms with Crippen LogP contribution in [0, 0.1) is 5.92 Å². The Bertz CT molecular complexity index is 648. The largest absolute Gasteiger partial charge is 0.330 e. The second kappa shape index (κ2) is 7.18. The third-order valence-electron chi connectivity index (χ3n) is 6.01. The number of nitrogens with one attached hydrogen (secondary N) is 1. The van der Waals surface area contributed by atoms with E-state index in [1.54, 1.807) is 6.20 Å². The maximum absolute atomic E-state index is 12.9. The van der Waals surface area contributed by atoms with Crippen LogP contribution in [0.25, 0.3) is 0 Å². The number of hydrogen-bond donors (Lipinski definition) is 1. The molecule has 1 N–H and O–H groups in total. The molecule has 1 saturated heterocycles. The molecule has 1 saturated carbocycles. The molecule has 1 aromatic heterocycles. The molecule has 4 rings (SSSR count). The molecule has 2 aliphatic heterocycles. The molecule has 3 aliphatic rings. The number of nitrogens with zero attached hydrogens (tertiary/aromatic N) is 3.